The monoisotopic (exact) mass is 450 g/mol. The maximum Gasteiger partial charge on any atom is 0.325 e. The van der Waals surface area contributed by atoms with Crippen LogP contribution in [0.15, 0.2) is 66.7 Å². The number of rotatable bonds is 8. The maximum absolute atomic E-state index is 12.2. The molecule has 0 bridgehead atoms. The van der Waals surface area contributed by atoms with Gasteiger partial charge in [-0.15, -0.1) is 0 Å². The second-order valence-electron chi connectivity index (χ2n) is 7.81. The summed E-state index contributed by atoms with van der Waals surface area (Å²) in [5.41, 5.74) is 5.64. The van der Waals surface area contributed by atoms with Gasteiger partial charge in [0, 0.05) is 16.3 Å². The molecule has 0 aliphatic rings. The third kappa shape index (κ3) is 5.68. The third-order valence-electron chi connectivity index (χ3n) is 5.39. The lowest BCUT2D eigenvalue weighted by Crippen LogP contribution is -2.38. The number of aryl methyl sites for hydroxylation is 1. The molecule has 0 spiro atoms. The van der Waals surface area contributed by atoms with Crippen molar-refractivity contribution < 1.29 is 14.7 Å². The molecule has 3 rings (SSSR count). The molecule has 0 heterocycles. The van der Waals surface area contributed by atoms with Crippen LogP contribution in [0.25, 0.3) is 11.1 Å². The van der Waals surface area contributed by atoms with E-state index in [2.05, 4.69) is 35.8 Å². The summed E-state index contributed by atoms with van der Waals surface area (Å²) >= 11 is 6.17. The SMILES string of the molecule is CCC(Nc1cccc(-c2ccc(C(=O)N[C@@H](C)C(=O)O)cc2)c1)c1ccc(Cl)c(C)c1. The predicted octanol–water partition coefficient (Wildman–Crippen LogP) is 6.08. The summed E-state index contributed by atoms with van der Waals surface area (Å²) < 4.78 is 0. The third-order valence-corrected chi connectivity index (χ3v) is 5.82. The number of carbonyl (C=O) groups is 2. The van der Waals surface area contributed by atoms with Crippen molar-refractivity contribution in [3.05, 3.63) is 88.4 Å². The van der Waals surface area contributed by atoms with Crippen molar-refractivity contribution in [2.75, 3.05) is 5.32 Å². The first-order chi connectivity index (χ1) is 15.3. The molecule has 0 radical (unpaired) electrons. The Morgan fingerprint density at radius 1 is 1.00 bits per heavy atom. The lowest BCUT2D eigenvalue weighted by atomic mass is 10.0. The Morgan fingerprint density at radius 2 is 1.72 bits per heavy atom. The van der Waals surface area contributed by atoms with Gasteiger partial charge >= 0.3 is 5.97 Å². The Hall–Kier alpha value is -3.31. The molecule has 32 heavy (non-hydrogen) atoms. The number of halogens is 1. The largest absolute Gasteiger partial charge is 0.480 e. The molecule has 6 heteroatoms. The quantitative estimate of drug-likeness (QED) is 0.388. The number of benzene rings is 3. The van der Waals surface area contributed by atoms with Gasteiger partial charge in [0.25, 0.3) is 5.91 Å². The minimum Gasteiger partial charge on any atom is -0.480 e. The number of anilines is 1. The molecule has 1 amide bonds. The minimum absolute atomic E-state index is 0.156. The van der Waals surface area contributed by atoms with Gasteiger partial charge in [0.05, 0.1) is 6.04 Å². The molecule has 0 fully saturated rings. The molecule has 2 atom stereocenters. The van der Waals surface area contributed by atoms with E-state index in [1.54, 1.807) is 12.1 Å². The zero-order valence-electron chi connectivity index (χ0n) is 18.4. The highest BCUT2D eigenvalue weighted by Gasteiger charge is 2.15. The second-order valence-corrected chi connectivity index (χ2v) is 8.21. The highest BCUT2D eigenvalue weighted by Crippen LogP contribution is 2.29. The molecular formula is C26H27ClN2O3. The number of hydrogen-bond donors (Lipinski definition) is 3. The molecule has 0 aliphatic carbocycles. The lowest BCUT2D eigenvalue weighted by Gasteiger charge is -2.20. The number of hydrogen-bond acceptors (Lipinski definition) is 3. The summed E-state index contributed by atoms with van der Waals surface area (Å²) in [5, 5.41) is 15.8. The maximum atomic E-state index is 12.2. The van der Waals surface area contributed by atoms with Crippen LogP contribution in [0.2, 0.25) is 5.02 Å². The van der Waals surface area contributed by atoms with E-state index in [0.717, 1.165) is 33.8 Å². The molecule has 0 saturated carbocycles. The van der Waals surface area contributed by atoms with Gasteiger partial charge in [0.1, 0.15) is 6.04 Å². The first-order valence-corrected chi connectivity index (χ1v) is 10.9. The number of amides is 1. The molecule has 166 valence electrons. The number of nitrogens with one attached hydrogen (secondary N) is 2. The summed E-state index contributed by atoms with van der Waals surface area (Å²) in [5.74, 6) is -1.48. The fraction of sp³-hybridized carbons (Fsp3) is 0.231. The van der Waals surface area contributed by atoms with E-state index in [9.17, 15) is 9.59 Å². The van der Waals surface area contributed by atoms with Gasteiger partial charge in [0.15, 0.2) is 0 Å². The molecule has 0 aromatic heterocycles. The molecule has 3 N–H and O–H groups in total. The Bertz CT molecular complexity index is 1110. The Labute approximate surface area is 193 Å². The number of carbonyl (C=O) groups excluding carboxylic acids is 1. The Kier molecular flexibility index (Phi) is 7.54. The van der Waals surface area contributed by atoms with Gasteiger partial charge in [-0.05, 0) is 72.9 Å². The normalized spacial score (nSPS) is 12.6. The number of aliphatic carboxylic acids is 1. The van der Waals surface area contributed by atoms with E-state index in [1.165, 1.54) is 12.5 Å². The topological polar surface area (TPSA) is 78.4 Å². The van der Waals surface area contributed by atoms with E-state index in [1.807, 2.05) is 43.3 Å². The zero-order chi connectivity index (χ0) is 23.3. The standard InChI is InChI=1S/C26H27ClN2O3/c1-4-24(21-12-13-23(27)16(2)14-21)29-22-7-5-6-20(15-22)18-8-10-19(11-9-18)25(30)28-17(3)26(31)32/h5-15,17,24,29H,4H2,1-3H3,(H,28,30)(H,31,32)/t17-,24?/m0/s1. The molecule has 3 aromatic carbocycles. The van der Waals surface area contributed by atoms with E-state index >= 15 is 0 Å². The van der Waals surface area contributed by atoms with Crippen LogP contribution in [-0.2, 0) is 4.79 Å². The first-order valence-electron chi connectivity index (χ1n) is 10.5. The van der Waals surface area contributed by atoms with Crippen molar-refractivity contribution in [1.29, 1.82) is 0 Å². The molecule has 5 nitrogen and oxygen atoms in total. The number of carboxylic acids is 1. The van der Waals surface area contributed by atoms with Gasteiger partial charge in [-0.1, -0.05) is 54.9 Å². The molecule has 0 aliphatic heterocycles. The van der Waals surface area contributed by atoms with Crippen molar-refractivity contribution in [2.24, 2.45) is 0 Å². The van der Waals surface area contributed by atoms with Crippen LogP contribution >= 0.6 is 11.6 Å². The van der Waals surface area contributed by atoms with Crippen molar-refractivity contribution >= 4 is 29.2 Å². The van der Waals surface area contributed by atoms with E-state index < -0.39 is 17.9 Å². The van der Waals surface area contributed by atoms with E-state index in [0.29, 0.717) is 5.56 Å². The van der Waals surface area contributed by atoms with E-state index in [-0.39, 0.29) is 6.04 Å². The van der Waals surface area contributed by atoms with Crippen LogP contribution < -0.4 is 10.6 Å². The smallest absolute Gasteiger partial charge is 0.325 e. The van der Waals surface area contributed by atoms with Crippen LogP contribution in [0.3, 0.4) is 0 Å². The van der Waals surface area contributed by atoms with Crippen LogP contribution in [0.4, 0.5) is 5.69 Å². The Balaban J connectivity index is 1.76. The second kappa shape index (κ2) is 10.3. The highest BCUT2D eigenvalue weighted by atomic mass is 35.5. The van der Waals surface area contributed by atoms with Crippen LogP contribution in [-0.4, -0.2) is 23.0 Å². The first kappa shape index (κ1) is 23.4. The summed E-state index contributed by atoms with van der Waals surface area (Å²) in [4.78, 5) is 23.1. The van der Waals surface area contributed by atoms with E-state index in [4.69, 9.17) is 16.7 Å². The fourth-order valence-corrected chi connectivity index (χ4v) is 3.57. The zero-order valence-corrected chi connectivity index (χ0v) is 19.1. The molecule has 1 unspecified atom stereocenters. The fourth-order valence-electron chi connectivity index (χ4n) is 3.45. The summed E-state index contributed by atoms with van der Waals surface area (Å²) in [6, 6.07) is 20.5. The van der Waals surface area contributed by atoms with Crippen molar-refractivity contribution in [2.45, 2.75) is 39.3 Å². The molecule has 0 saturated heterocycles. The van der Waals surface area contributed by atoms with Gasteiger partial charge in [-0.2, -0.15) is 0 Å². The number of carboxylic acid groups (broad SMARTS) is 1. The highest BCUT2D eigenvalue weighted by molar-refractivity contribution is 6.31. The van der Waals surface area contributed by atoms with Crippen LogP contribution in [0, 0.1) is 6.92 Å². The van der Waals surface area contributed by atoms with Crippen LogP contribution in [0.1, 0.15) is 47.8 Å². The average molecular weight is 451 g/mol. The summed E-state index contributed by atoms with van der Waals surface area (Å²) in [6.45, 7) is 5.58. The van der Waals surface area contributed by atoms with Crippen molar-refractivity contribution in [1.82, 2.24) is 5.32 Å². The van der Waals surface area contributed by atoms with Gasteiger partial charge < -0.3 is 15.7 Å². The van der Waals surface area contributed by atoms with Gasteiger partial charge in [-0.25, -0.2) is 0 Å². The van der Waals surface area contributed by atoms with Crippen molar-refractivity contribution in [3.63, 3.8) is 0 Å². The molecular weight excluding hydrogens is 424 g/mol. The average Bonchev–Trinajstić information content (AvgIpc) is 2.79. The minimum atomic E-state index is -1.07. The predicted molar refractivity (Wildman–Crippen MR) is 129 cm³/mol. The summed E-state index contributed by atoms with van der Waals surface area (Å²) in [7, 11) is 0. The van der Waals surface area contributed by atoms with Gasteiger partial charge in [-0.3, -0.25) is 9.59 Å². The van der Waals surface area contributed by atoms with Crippen LogP contribution in [0.5, 0.6) is 0 Å². The summed E-state index contributed by atoms with van der Waals surface area (Å²) in [6.07, 6.45) is 0.921. The molecule has 3 aromatic rings. The Morgan fingerprint density at radius 3 is 2.34 bits per heavy atom. The van der Waals surface area contributed by atoms with Gasteiger partial charge in [0.2, 0.25) is 0 Å². The van der Waals surface area contributed by atoms with Crippen molar-refractivity contribution in [3.8, 4) is 11.1 Å². The lowest BCUT2D eigenvalue weighted by molar-refractivity contribution is -0.138.